The Morgan fingerprint density at radius 3 is 2.88 bits per heavy atom. The predicted molar refractivity (Wildman–Crippen MR) is 75.3 cm³/mol. The van der Waals surface area contributed by atoms with E-state index in [4.69, 9.17) is 5.73 Å². The van der Waals surface area contributed by atoms with Crippen LogP contribution in [-0.2, 0) is 0 Å². The standard InChI is InChI=1S/C14H24N2S/c1-4-13(14-6-5-9-17-14)16-8-7-12(15)10(2)11(16)3/h5-6,9-13H,4,7-8,15H2,1-3H3. The number of hydrogen-bond acceptors (Lipinski definition) is 3. The Kier molecular flexibility index (Phi) is 4.23. The molecule has 2 nitrogen and oxygen atoms in total. The lowest BCUT2D eigenvalue weighted by atomic mass is 9.86. The van der Waals surface area contributed by atoms with Crippen molar-refractivity contribution >= 4 is 11.3 Å². The molecule has 0 saturated carbocycles. The largest absolute Gasteiger partial charge is 0.327 e. The third kappa shape index (κ3) is 2.56. The van der Waals surface area contributed by atoms with Gasteiger partial charge in [0.05, 0.1) is 0 Å². The first-order valence-corrected chi connectivity index (χ1v) is 7.57. The molecule has 1 aliphatic rings. The SMILES string of the molecule is CCC(c1cccs1)N1CCC(N)C(C)C1C. The average Bonchev–Trinajstić information content (AvgIpc) is 2.84. The van der Waals surface area contributed by atoms with Gasteiger partial charge in [0.1, 0.15) is 0 Å². The summed E-state index contributed by atoms with van der Waals surface area (Å²) in [6.45, 7) is 8.06. The zero-order chi connectivity index (χ0) is 12.4. The minimum atomic E-state index is 0.377. The number of nitrogens with two attached hydrogens (primary N) is 1. The summed E-state index contributed by atoms with van der Waals surface area (Å²) in [6, 6.07) is 5.98. The van der Waals surface area contributed by atoms with E-state index in [1.165, 1.54) is 11.3 Å². The predicted octanol–water partition coefficient (Wildman–Crippen LogP) is 3.26. The molecular formula is C14H24N2S. The second-order valence-electron chi connectivity index (χ2n) is 5.23. The normalized spacial score (nSPS) is 32.6. The van der Waals surface area contributed by atoms with E-state index in [1.54, 1.807) is 0 Å². The van der Waals surface area contributed by atoms with Gasteiger partial charge in [-0.2, -0.15) is 0 Å². The van der Waals surface area contributed by atoms with Crippen LogP contribution >= 0.6 is 11.3 Å². The number of hydrogen-bond donors (Lipinski definition) is 1. The Morgan fingerprint density at radius 2 is 2.29 bits per heavy atom. The Hall–Kier alpha value is -0.380. The first kappa shape index (κ1) is 13.1. The monoisotopic (exact) mass is 252 g/mol. The molecule has 0 radical (unpaired) electrons. The molecule has 1 aliphatic heterocycles. The molecule has 0 aromatic carbocycles. The van der Waals surface area contributed by atoms with Crippen LogP contribution < -0.4 is 5.73 Å². The second kappa shape index (κ2) is 5.51. The Balaban J connectivity index is 2.15. The third-order valence-corrected chi connectivity index (χ3v) is 5.31. The van der Waals surface area contributed by atoms with E-state index in [0.717, 1.165) is 13.0 Å². The summed E-state index contributed by atoms with van der Waals surface area (Å²) in [6.07, 6.45) is 2.32. The van der Waals surface area contributed by atoms with Crippen LogP contribution in [0.5, 0.6) is 0 Å². The Labute approximate surface area is 109 Å². The summed E-state index contributed by atoms with van der Waals surface area (Å²) < 4.78 is 0. The molecule has 4 unspecified atom stereocenters. The lowest BCUT2D eigenvalue weighted by Gasteiger charge is -2.45. The maximum absolute atomic E-state index is 6.17. The van der Waals surface area contributed by atoms with Gasteiger partial charge >= 0.3 is 0 Å². The number of thiophene rings is 1. The molecule has 2 N–H and O–H groups in total. The number of piperidine rings is 1. The molecule has 1 saturated heterocycles. The van der Waals surface area contributed by atoms with Crippen LogP contribution in [0.15, 0.2) is 17.5 Å². The molecule has 17 heavy (non-hydrogen) atoms. The minimum absolute atomic E-state index is 0.377. The smallest absolute Gasteiger partial charge is 0.0441 e. The molecular weight excluding hydrogens is 228 g/mol. The molecule has 4 atom stereocenters. The molecule has 1 aromatic heterocycles. The van der Waals surface area contributed by atoms with Crippen molar-refractivity contribution in [1.82, 2.24) is 4.90 Å². The van der Waals surface area contributed by atoms with Gasteiger partial charge in [0, 0.05) is 29.5 Å². The van der Waals surface area contributed by atoms with Crippen molar-refractivity contribution in [1.29, 1.82) is 0 Å². The molecule has 0 aliphatic carbocycles. The van der Waals surface area contributed by atoms with Crippen LogP contribution in [0.2, 0.25) is 0 Å². The molecule has 1 aromatic rings. The fourth-order valence-electron chi connectivity index (χ4n) is 2.94. The van der Waals surface area contributed by atoms with E-state index in [-0.39, 0.29) is 0 Å². The van der Waals surface area contributed by atoms with Gasteiger partial charge in [-0.3, -0.25) is 4.90 Å². The van der Waals surface area contributed by atoms with E-state index in [9.17, 15) is 0 Å². The van der Waals surface area contributed by atoms with Crippen molar-refractivity contribution in [3.8, 4) is 0 Å². The van der Waals surface area contributed by atoms with Gasteiger partial charge in [-0.15, -0.1) is 11.3 Å². The van der Waals surface area contributed by atoms with Gasteiger partial charge in [-0.05, 0) is 37.1 Å². The van der Waals surface area contributed by atoms with Crippen molar-refractivity contribution in [2.24, 2.45) is 11.7 Å². The molecule has 2 heterocycles. The highest BCUT2D eigenvalue weighted by atomic mass is 32.1. The summed E-state index contributed by atoms with van der Waals surface area (Å²) in [5.41, 5.74) is 6.17. The van der Waals surface area contributed by atoms with Crippen LogP contribution in [-0.4, -0.2) is 23.5 Å². The van der Waals surface area contributed by atoms with Gasteiger partial charge in [-0.25, -0.2) is 0 Å². The quantitative estimate of drug-likeness (QED) is 0.894. The number of rotatable bonds is 3. The fraction of sp³-hybridized carbons (Fsp3) is 0.714. The average molecular weight is 252 g/mol. The van der Waals surface area contributed by atoms with Crippen molar-refractivity contribution < 1.29 is 0 Å². The van der Waals surface area contributed by atoms with Crippen LogP contribution in [0.4, 0.5) is 0 Å². The van der Waals surface area contributed by atoms with Gasteiger partial charge in [0.15, 0.2) is 0 Å². The van der Waals surface area contributed by atoms with E-state index < -0.39 is 0 Å². The molecule has 0 bridgehead atoms. The maximum Gasteiger partial charge on any atom is 0.0441 e. The van der Waals surface area contributed by atoms with Crippen LogP contribution in [0.1, 0.15) is 44.5 Å². The van der Waals surface area contributed by atoms with Gasteiger partial charge in [0.2, 0.25) is 0 Å². The molecule has 3 heteroatoms. The fourth-order valence-corrected chi connectivity index (χ4v) is 3.87. The highest BCUT2D eigenvalue weighted by Gasteiger charge is 2.34. The highest BCUT2D eigenvalue weighted by molar-refractivity contribution is 7.10. The summed E-state index contributed by atoms with van der Waals surface area (Å²) in [5.74, 6) is 0.595. The topological polar surface area (TPSA) is 29.3 Å². The van der Waals surface area contributed by atoms with Crippen molar-refractivity contribution in [2.75, 3.05) is 6.54 Å². The first-order chi connectivity index (χ1) is 8.15. The van der Waals surface area contributed by atoms with Crippen LogP contribution in [0.3, 0.4) is 0 Å². The molecule has 1 fully saturated rings. The first-order valence-electron chi connectivity index (χ1n) is 6.69. The van der Waals surface area contributed by atoms with Gasteiger partial charge < -0.3 is 5.73 Å². The van der Waals surface area contributed by atoms with Crippen molar-refractivity contribution in [3.05, 3.63) is 22.4 Å². The van der Waals surface area contributed by atoms with Crippen molar-refractivity contribution in [2.45, 2.75) is 51.7 Å². The summed E-state index contributed by atoms with van der Waals surface area (Å²) in [7, 11) is 0. The highest BCUT2D eigenvalue weighted by Crippen LogP contribution is 2.34. The summed E-state index contributed by atoms with van der Waals surface area (Å²) in [5, 5.41) is 2.18. The summed E-state index contributed by atoms with van der Waals surface area (Å²) in [4.78, 5) is 4.15. The van der Waals surface area contributed by atoms with E-state index in [2.05, 4.69) is 43.2 Å². The lowest BCUT2D eigenvalue weighted by Crippen LogP contribution is -2.52. The molecule has 0 amide bonds. The van der Waals surface area contributed by atoms with Gasteiger partial charge in [0.25, 0.3) is 0 Å². The lowest BCUT2D eigenvalue weighted by molar-refractivity contribution is 0.0551. The van der Waals surface area contributed by atoms with E-state index in [1.807, 2.05) is 11.3 Å². The minimum Gasteiger partial charge on any atom is -0.327 e. The summed E-state index contributed by atoms with van der Waals surface area (Å²) >= 11 is 1.88. The molecule has 2 rings (SSSR count). The van der Waals surface area contributed by atoms with Gasteiger partial charge in [-0.1, -0.05) is 19.9 Å². The van der Waals surface area contributed by atoms with E-state index in [0.29, 0.717) is 24.0 Å². The molecule has 0 spiro atoms. The van der Waals surface area contributed by atoms with E-state index >= 15 is 0 Å². The Morgan fingerprint density at radius 1 is 1.53 bits per heavy atom. The molecule has 96 valence electrons. The second-order valence-corrected chi connectivity index (χ2v) is 6.21. The van der Waals surface area contributed by atoms with Crippen LogP contribution in [0, 0.1) is 5.92 Å². The number of likely N-dealkylation sites (tertiary alicyclic amines) is 1. The Bertz CT molecular complexity index is 336. The zero-order valence-electron chi connectivity index (χ0n) is 11.1. The third-order valence-electron chi connectivity index (χ3n) is 4.34. The maximum atomic E-state index is 6.17. The van der Waals surface area contributed by atoms with Crippen molar-refractivity contribution in [3.63, 3.8) is 0 Å². The number of nitrogens with zero attached hydrogens (tertiary/aromatic N) is 1. The zero-order valence-corrected chi connectivity index (χ0v) is 11.9. The van der Waals surface area contributed by atoms with Crippen LogP contribution in [0.25, 0.3) is 0 Å².